The van der Waals surface area contributed by atoms with Crippen molar-refractivity contribution in [1.29, 1.82) is 0 Å². The Bertz CT molecular complexity index is 868. The molecule has 1 aromatic heterocycles. The monoisotopic (exact) mass is 489 g/mol. The minimum absolute atomic E-state index is 0.579. The van der Waals surface area contributed by atoms with Crippen LogP contribution in [0.2, 0.25) is 33.2 Å². The van der Waals surface area contributed by atoms with Crippen molar-refractivity contribution in [2.75, 3.05) is 7.11 Å². The van der Waals surface area contributed by atoms with Gasteiger partial charge in [-0.2, -0.15) is 0 Å². The maximum atomic E-state index is 6.98. The third-order valence-corrected chi connectivity index (χ3v) is 21.3. The Hall–Kier alpha value is -1.05. The fraction of sp³-hybridized carbons (Fsp3) is 0.714. The first kappa shape index (κ1) is 28.2. The summed E-state index contributed by atoms with van der Waals surface area (Å²) in [6, 6.07) is 6.87. The van der Waals surface area contributed by atoms with Gasteiger partial charge in [0.25, 0.3) is 0 Å². The lowest BCUT2D eigenvalue weighted by Gasteiger charge is -2.44. The van der Waals surface area contributed by atoms with Gasteiger partial charge in [0.2, 0.25) is 8.32 Å². The van der Waals surface area contributed by atoms with Gasteiger partial charge in [0.1, 0.15) is 5.75 Å². The molecular formula is C28H51NO2Si2. The Morgan fingerprint density at radius 2 is 1.21 bits per heavy atom. The van der Waals surface area contributed by atoms with Crippen molar-refractivity contribution in [2.45, 2.75) is 123 Å². The first-order valence-corrected chi connectivity index (χ1v) is 17.4. The summed E-state index contributed by atoms with van der Waals surface area (Å²) in [4.78, 5) is 0. The number of hydrogen-bond acceptors (Lipinski definition) is 2. The van der Waals surface area contributed by atoms with Crippen molar-refractivity contribution in [3.63, 3.8) is 0 Å². The van der Waals surface area contributed by atoms with E-state index in [0.717, 1.165) is 5.75 Å². The summed E-state index contributed by atoms with van der Waals surface area (Å²) in [5.41, 5.74) is 6.21. The lowest BCUT2D eigenvalue weighted by atomic mass is 10.1. The predicted molar refractivity (Wildman–Crippen MR) is 151 cm³/mol. The van der Waals surface area contributed by atoms with E-state index in [9.17, 15) is 0 Å². The van der Waals surface area contributed by atoms with Crippen molar-refractivity contribution in [2.24, 2.45) is 0 Å². The van der Waals surface area contributed by atoms with Gasteiger partial charge in [-0.15, -0.1) is 0 Å². The Labute approximate surface area is 206 Å². The number of benzene rings is 1. The van der Waals surface area contributed by atoms with E-state index in [1.54, 1.807) is 7.11 Å². The zero-order chi connectivity index (χ0) is 25.3. The van der Waals surface area contributed by atoms with Gasteiger partial charge in [-0.3, -0.25) is 0 Å². The van der Waals surface area contributed by atoms with E-state index in [4.69, 9.17) is 9.16 Å². The minimum Gasteiger partial charge on any atom is -0.496 e. The number of methoxy groups -OCH3 is 1. The number of ether oxygens (including phenoxy) is 1. The van der Waals surface area contributed by atoms with E-state index in [2.05, 4.69) is 112 Å². The number of rotatable bonds is 11. The van der Waals surface area contributed by atoms with Crippen molar-refractivity contribution >= 4 is 27.5 Å². The summed E-state index contributed by atoms with van der Waals surface area (Å²) in [7, 11) is -2.00. The molecule has 188 valence electrons. The highest BCUT2D eigenvalue weighted by Gasteiger charge is 2.46. The maximum Gasteiger partial charge on any atom is 0.200 e. The summed E-state index contributed by atoms with van der Waals surface area (Å²) in [6.07, 6.45) is 2.35. The molecule has 0 aliphatic heterocycles. The predicted octanol–water partition coefficient (Wildman–Crippen LogP) is 9.37. The molecule has 0 bridgehead atoms. The third-order valence-electron chi connectivity index (χ3n) is 8.44. The van der Waals surface area contributed by atoms with Crippen LogP contribution in [0.1, 0.15) is 88.6 Å². The van der Waals surface area contributed by atoms with Crippen molar-refractivity contribution in [1.82, 2.24) is 4.23 Å². The second-order valence-corrected chi connectivity index (χ2v) is 23.1. The van der Waals surface area contributed by atoms with Gasteiger partial charge in [0.05, 0.1) is 13.7 Å². The molecule has 0 saturated heterocycles. The van der Waals surface area contributed by atoms with Gasteiger partial charge < -0.3 is 13.4 Å². The minimum atomic E-state index is -1.93. The van der Waals surface area contributed by atoms with Crippen molar-refractivity contribution in [3.05, 3.63) is 30.0 Å². The fourth-order valence-electron chi connectivity index (χ4n) is 7.40. The van der Waals surface area contributed by atoms with Gasteiger partial charge >= 0.3 is 0 Å². The molecule has 33 heavy (non-hydrogen) atoms. The number of fused-ring (bicyclic) bond motifs is 1. The molecule has 5 heteroatoms. The van der Waals surface area contributed by atoms with Crippen LogP contribution in [-0.4, -0.2) is 27.9 Å². The SMILES string of the molecule is COc1cc(CO[Si](C(C)C)(C(C)C)C(C)C)cc2c1ccn2[Si](C(C)C)(C(C)C)C(C)C. The van der Waals surface area contributed by atoms with E-state index < -0.39 is 16.6 Å². The molecule has 0 spiro atoms. The molecule has 0 amide bonds. The Balaban J connectivity index is 2.67. The highest BCUT2D eigenvalue weighted by molar-refractivity contribution is 6.82. The third kappa shape index (κ3) is 4.74. The van der Waals surface area contributed by atoms with Crippen LogP contribution in [0.3, 0.4) is 0 Å². The van der Waals surface area contributed by atoms with Gasteiger partial charge in [0.15, 0.2) is 8.24 Å². The Kier molecular flexibility index (Phi) is 9.14. The lowest BCUT2D eigenvalue weighted by Crippen LogP contribution is -2.51. The van der Waals surface area contributed by atoms with E-state index in [-0.39, 0.29) is 0 Å². The van der Waals surface area contributed by atoms with Gasteiger partial charge in [-0.05, 0) is 63.2 Å². The molecule has 0 unspecified atom stereocenters. The van der Waals surface area contributed by atoms with Crippen LogP contribution in [0.15, 0.2) is 24.4 Å². The van der Waals surface area contributed by atoms with Gasteiger partial charge in [-0.1, -0.05) is 83.1 Å². The molecule has 1 aromatic carbocycles. The molecule has 0 N–H and O–H groups in total. The van der Waals surface area contributed by atoms with Gasteiger partial charge in [-0.25, -0.2) is 0 Å². The van der Waals surface area contributed by atoms with E-state index in [1.807, 2.05) is 0 Å². The second-order valence-electron chi connectivity index (χ2n) is 11.9. The van der Waals surface area contributed by atoms with E-state index in [1.165, 1.54) is 16.5 Å². The topological polar surface area (TPSA) is 23.4 Å². The number of hydrogen-bond donors (Lipinski definition) is 0. The second kappa shape index (κ2) is 10.7. The molecule has 1 heterocycles. The molecule has 0 fully saturated rings. The normalized spacial score (nSPS) is 13.7. The summed E-state index contributed by atoms with van der Waals surface area (Å²) in [5.74, 6) is 0.968. The largest absolute Gasteiger partial charge is 0.496 e. The first-order valence-electron chi connectivity index (χ1n) is 13.1. The standard InChI is InChI=1S/C28H51NO2Si2/c1-19(2)32(20(3)4,21(5)6)29-15-14-26-27(29)16-25(17-28(26)30-13)18-31-33(22(7)8,23(9)10)24(11)12/h14-17,19-24H,18H2,1-13H3. The summed E-state index contributed by atoms with van der Waals surface area (Å²) in [5, 5.41) is 1.22. The fourth-order valence-corrected chi connectivity index (χ4v) is 19.4. The highest BCUT2D eigenvalue weighted by Crippen LogP contribution is 2.46. The molecule has 3 nitrogen and oxygen atoms in total. The average Bonchev–Trinajstić information content (AvgIpc) is 3.10. The molecule has 2 rings (SSSR count). The van der Waals surface area contributed by atoms with Crippen LogP contribution >= 0.6 is 0 Å². The molecule has 0 saturated carbocycles. The first-order chi connectivity index (χ1) is 15.3. The van der Waals surface area contributed by atoms with Crippen LogP contribution < -0.4 is 4.74 Å². The quantitative estimate of drug-likeness (QED) is 0.293. The van der Waals surface area contributed by atoms with Crippen molar-refractivity contribution in [3.8, 4) is 5.75 Å². The van der Waals surface area contributed by atoms with Crippen LogP contribution in [0.4, 0.5) is 0 Å². The molecule has 0 aliphatic rings. The smallest absolute Gasteiger partial charge is 0.200 e. The number of nitrogens with zero attached hydrogens (tertiary/aromatic N) is 1. The van der Waals surface area contributed by atoms with Crippen LogP contribution in [0.25, 0.3) is 10.9 Å². The van der Waals surface area contributed by atoms with Crippen LogP contribution in [0.5, 0.6) is 5.75 Å². The molecule has 2 aromatic rings. The number of aromatic nitrogens is 1. The summed E-state index contributed by atoms with van der Waals surface area (Å²) >= 11 is 0. The summed E-state index contributed by atoms with van der Waals surface area (Å²) < 4.78 is 15.6. The average molecular weight is 490 g/mol. The zero-order valence-corrected chi connectivity index (χ0v) is 25.7. The molecule has 0 radical (unpaired) electrons. The van der Waals surface area contributed by atoms with Crippen LogP contribution in [0, 0.1) is 0 Å². The Morgan fingerprint density at radius 3 is 1.61 bits per heavy atom. The molecular weight excluding hydrogens is 438 g/mol. The molecule has 0 atom stereocenters. The Morgan fingerprint density at radius 1 is 0.727 bits per heavy atom. The van der Waals surface area contributed by atoms with E-state index in [0.29, 0.717) is 39.9 Å². The van der Waals surface area contributed by atoms with Gasteiger partial charge in [0, 0.05) is 10.9 Å². The zero-order valence-electron chi connectivity index (χ0n) is 23.7. The maximum absolute atomic E-state index is 6.98. The van der Waals surface area contributed by atoms with E-state index >= 15 is 0 Å². The lowest BCUT2D eigenvalue weighted by molar-refractivity contribution is 0.265. The summed E-state index contributed by atoms with van der Waals surface area (Å²) in [6.45, 7) is 29.4. The van der Waals surface area contributed by atoms with Crippen LogP contribution in [-0.2, 0) is 11.0 Å². The molecule has 0 aliphatic carbocycles. The highest BCUT2D eigenvalue weighted by atomic mass is 28.4. The van der Waals surface area contributed by atoms with Crippen molar-refractivity contribution < 1.29 is 9.16 Å².